The van der Waals surface area contributed by atoms with Crippen LogP contribution in [0.25, 0.3) is 17.0 Å². The summed E-state index contributed by atoms with van der Waals surface area (Å²) in [5.74, 6) is 2.68. The number of aromatic nitrogens is 3. The van der Waals surface area contributed by atoms with Gasteiger partial charge in [0.05, 0.1) is 14.2 Å². The quantitative estimate of drug-likeness (QED) is 0.538. The summed E-state index contributed by atoms with van der Waals surface area (Å²) in [6.45, 7) is 9.52. The molecule has 3 aromatic rings. The molecule has 34 heavy (non-hydrogen) atoms. The summed E-state index contributed by atoms with van der Waals surface area (Å²) in [4.78, 5) is 10.2. The Kier molecular flexibility index (Phi) is 6.75. The second kappa shape index (κ2) is 9.92. The molecule has 0 radical (unpaired) electrons. The van der Waals surface area contributed by atoms with E-state index in [9.17, 15) is 0 Å². The molecule has 2 aliphatic heterocycles. The molecule has 2 aromatic heterocycles. The third-order valence-electron chi connectivity index (χ3n) is 7.75. The Balaban J connectivity index is 1.25. The lowest BCUT2D eigenvalue weighted by atomic mass is 9.88. The zero-order chi connectivity index (χ0) is 23.7. The number of ether oxygens (including phenoxy) is 2. The SMILES string of the molecule is COc1ccc(-c2nc3cc(C4CCN(C5CCN(C(C)C)CC5)CC4)ccn3n2)cc1OC. The number of methoxy groups -OCH3 is 2. The van der Waals surface area contributed by atoms with Gasteiger partial charge in [0.15, 0.2) is 23.0 Å². The van der Waals surface area contributed by atoms with E-state index < -0.39 is 0 Å². The summed E-state index contributed by atoms with van der Waals surface area (Å²) in [6, 6.07) is 11.7. The van der Waals surface area contributed by atoms with Crippen LogP contribution in [-0.2, 0) is 0 Å². The minimum atomic E-state index is 0.596. The van der Waals surface area contributed by atoms with E-state index in [0.717, 1.165) is 17.3 Å². The molecule has 0 atom stereocenters. The Morgan fingerprint density at radius 2 is 1.62 bits per heavy atom. The molecule has 2 saturated heterocycles. The van der Waals surface area contributed by atoms with Crippen molar-refractivity contribution >= 4 is 5.65 Å². The summed E-state index contributed by atoms with van der Waals surface area (Å²) >= 11 is 0. The number of nitrogens with zero attached hydrogens (tertiary/aromatic N) is 5. The molecular weight excluding hydrogens is 426 g/mol. The van der Waals surface area contributed by atoms with E-state index in [2.05, 4.69) is 47.1 Å². The second-order valence-electron chi connectivity index (χ2n) is 9.94. The van der Waals surface area contributed by atoms with Gasteiger partial charge in [-0.25, -0.2) is 9.50 Å². The fourth-order valence-corrected chi connectivity index (χ4v) is 5.61. The van der Waals surface area contributed by atoms with Crippen molar-refractivity contribution in [2.45, 2.75) is 57.5 Å². The lowest BCUT2D eigenvalue weighted by molar-refractivity contribution is 0.0753. The van der Waals surface area contributed by atoms with Crippen molar-refractivity contribution in [1.82, 2.24) is 24.4 Å². The molecule has 0 spiro atoms. The van der Waals surface area contributed by atoms with Crippen LogP contribution in [0, 0.1) is 0 Å². The molecule has 0 bridgehead atoms. The van der Waals surface area contributed by atoms with Crippen LogP contribution in [0.2, 0.25) is 0 Å². The number of fused-ring (bicyclic) bond motifs is 1. The molecule has 4 heterocycles. The van der Waals surface area contributed by atoms with Gasteiger partial charge in [-0.05, 0) is 108 Å². The average Bonchev–Trinajstić information content (AvgIpc) is 3.32. The first-order chi connectivity index (χ1) is 16.6. The highest BCUT2D eigenvalue weighted by atomic mass is 16.5. The fraction of sp³-hybridized carbons (Fsp3) is 0.556. The molecule has 2 aliphatic rings. The zero-order valence-corrected chi connectivity index (χ0v) is 20.9. The van der Waals surface area contributed by atoms with Crippen LogP contribution >= 0.6 is 0 Å². The Morgan fingerprint density at radius 1 is 0.882 bits per heavy atom. The molecule has 5 rings (SSSR count). The second-order valence-corrected chi connectivity index (χ2v) is 9.94. The monoisotopic (exact) mass is 463 g/mol. The van der Waals surface area contributed by atoms with Crippen LogP contribution in [0.4, 0.5) is 0 Å². The summed E-state index contributed by atoms with van der Waals surface area (Å²) in [7, 11) is 3.28. The van der Waals surface area contributed by atoms with E-state index in [1.54, 1.807) is 14.2 Å². The standard InChI is InChI=1S/C27H37N5O2/c1-19(2)30-14-10-23(11-15-30)31-12-7-20(8-13-31)21-9-16-32-26(18-21)28-27(29-32)22-5-6-24(33-3)25(17-22)34-4/h5-6,9,16-20,23H,7-8,10-15H2,1-4H3. The fourth-order valence-electron chi connectivity index (χ4n) is 5.61. The van der Waals surface area contributed by atoms with Gasteiger partial charge in [-0.1, -0.05) is 0 Å². The lowest BCUT2D eigenvalue weighted by Gasteiger charge is -2.42. The van der Waals surface area contributed by atoms with E-state index >= 15 is 0 Å². The summed E-state index contributed by atoms with van der Waals surface area (Å²) < 4.78 is 12.7. The van der Waals surface area contributed by atoms with Crippen molar-refractivity contribution < 1.29 is 9.47 Å². The maximum atomic E-state index is 5.45. The molecule has 0 amide bonds. The van der Waals surface area contributed by atoms with Gasteiger partial charge in [-0.2, -0.15) is 0 Å². The number of likely N-dealkylation sites (tertiary alicyclic amines) is 2. The van der Waals surface area contributed by atoms with Gasteiger partial charge in [-0.3, -0.25) is 0 Å². The van der Waals surface area contributed by atoms with Crippen LogP contribution in [-0.4, -0.2) is 76.9 Å². The third kappa shape index (κ3) is 4.64. The maximum Gasteiger partial charge on any atom is 0.182 e. The predicted octanol–water partition coefficient (Wildman–Crippen LogP) is 4.47. The molecule has 7 heteroatoms. The highest BCUT2D eigenvalue weighted by Gasteiger charge is 2.29. The predicted molar refractivity (Wildman–Crippen MR) is 135 cm³/mol. The van der Waals surface area contributed by atoms with Gasteiger partial charge < -0.3 is 19.3 Å². The molecule has 182 valence electrons. The van der Waals surface area contributed by atoms with Crippen molar-refractivity contribution in [3.63, 3.8) is 0 Å². The largest absolute Gasteiger partial charge is 0.493 e. The zero-order valence-electron chi connectivity index (χ0n) is 20.9. The number of benzene rings is 1. The highest BCUT2D eigenvalue weighted by molar-refractivity contribution is 5.63. The molecule has 0 aliphatic carbocycles. The van der Waals surface area contributed by atoms with Gasteiger partial charge in [0.25, 0.3) is 0 Å². The first-order valence-electron chi connectivity index (χ1n) is 12.6. The van der Waals surface area contributed by atoms with Crippen molar-refractivity contribution in [2.75, 3.05) is 40.4 Å². The molecule has 2 fully saturated rings. The van der Waals surface area contributed by atoms with Gasteiger partial charge in [-0.15, -0.1) is 5.10 Å². The van der Waals surface area contributed by atoms with E-state index in [1.807, 2.05) is 22.7 Å². The minimum absolute atomic E-state index is 0.596. The third-order valence-corrected chi connectivity index (χ3v) is 7.75. The normalized spacial score (nSPS) is 19.2. The van der Waals surface area contributed by atoms with E-state index in [-0.39, 0.29) is 0 Å². The highest BCUT2D eigenvalue weighted by Crippen LogP contribution is 2.33. The smallest absolute Gasteiger partial charge is 0.182 e. The van der Waals surface area contributed by atoms with E-state index in [4.69, 9.17) is 14.5 Å². The average molecular weight is 464 g/mol. The number of rotatable bonds is 6. The summed E-state index contributed by atoms with van der Waals surface area (Å²) in [6.07, 6.45) is 7.12. The van der Waals surface area contributed by atoms with E-state index in [0.29, 0.717) is 29.3 Å². The van der Waals surface area contributed by atoms with Gasteiger partial charge in [0.2, 0.25) is 0 Å². The van der Waals surface area contributed by atoms with Crippen molar-refractivity contribution in [1.29, 1.82) is 0 Å². The number of pyridine rings is 1. The lowest BCUT2D eigenvalue weighted by Crippen LogP contribution is -2.48. The summed E-state index contributed by atoms with van der Waals surface area (Å²) in [5.41, 5.74) is 3.19. The molecular formula is C27H37N5O2. The van der Waals surface area contributed by atoms with Crippen molar-refractivity contribution in [3.05, 3.63) is 42.1 Å². The number of hydrogen-bond acceptors (Lipinski definition) is 6. The number of piperidine rings is 2. The molecule has 7 nitrogen and oxygen atoms in total. The van der Waals surface area contributed by atoms with Gasteiger partial charge in [0.1, 0.15) is 0 Å². The Labute approximate surface area is 202 Å². The maximum absolute atomic E-state index is 5.45. The first-order valence-corrected chi connectivity index (χ1v) is 12.6. The molecule has 0 N–H and O–H groups in total. The Bertz CT molecular complexity index is 1110. The molecule has 0 unspecified atom stereocenters. The van der Waals surface area contributed by atoms with Crippen LogP contribution < -0.4 is 9.47 Å². The van der Waals surface area contributed by atoms with Crippen molar-refractivity contribution in [3.8, 4) is 22.9 Å². The number of hydrogen-bond donors (Lipinski definition) is 0. The van der Waals surface area contributed by atoms with Crippen LogP contribution in [0.3, 0.4) is 0 Å². The van der Waals surface area contributed by atoms with Gasteiger partial charge >= 0.3 is 0 Å². The molecule has 1 aromatic carbocycles. The first kappa shape index (κ1) is 23.1. The Hall–Kier alpha value is -2.64. The van der Waals surface area contributed by atoms with Crippen LogP contribution in [0.15, 0.2) is 36.5 Å². The Morgan fingerprint density at radius 3 is 2.29 bits per heavy atom. The van der Waals surface area contributed by atoms with E-state index in [1.165, 1.54) is 57.4 Å². The van der Waals surface area contributed by atoms with Gasteiger partial charge in [0, 0.05) is 23.8 Å². The summed E-state index contributed by atoms with van der Waals surface area (Å²) in [5, 5.41) is 4.69. The topological polar surface area (TPSA) is 55.1 Å². The van der Waals surface area contributed by atoms with Crippen LogP contribution in [0.5, 0.6) is 11.5 Å². The minimum Gasteiger partial charge on any atom is -0.493 e. The van der Waals surface area contributed by atoms with Crippen molar-refractivity contribution in [2.24, 2.45) is 0 Å². The molecule has 0 saturated carbocycles. The van der Waals surface area contributed by atoms with Crippen LogP contribution in [0.1, 0.15) is 51.0 Å².